The molecule has 0 aromatic heterocycles. The Morgan fingerprint density at radius 1 is 1.19 bits per heavy atom. The summed E-state index contributed by atoms with van der Waals surface area (Å²) in [4.78, 5) is 36.1. The van der Waals surface area contributed by atoms with Crippen LogP contribution in [0.25, 0.3) is 0 Å². The number of ether oxygens (including phenoxy) is 1. The molecule has 0 radical (unpaired) electrons. The minimum atomic E-state index is -0.789. The van der Waals surface area contributed by atoms with E-state index < -0.39 is 17.5 Å². The van der Waals surface area contributed by atoms with Crippen molar-refractivity contribution in [1.82, 2.24) is 4.90 Å². The molecule has 0 saturated heterocycles. The smallest absolute Gasteiger partial charge is 0.340 e. The number of anilines is 1. The molecule has 0 bridgehead atoms. The van der Waals surface area contributed by atoms with E-state index in [0.29, 0.717) is 13.1 Å². The van der Waals surface area contributed by atoms with Gasteiger partial charge < -0.3 is 15.4 Å². The third-order valence-electron chi connectivity index (χ3n) is 4.28. The topological polar surface area (TPSA) is 116 Å². The molecule has 2 aromatic carbocycles. The van der Waals surface area contributed by atoms with Gasteiger partial charge >= 0.3 is 5.97 Å². The predicted octanol–water partition coefficient (Wildman–Crippen LogP) is 1.92. The third kappa shape index (κ3) is 3.64. The van der Waals surface area contributed by atoms with Gasteiger partial charge in [0.15, 0.2) is 6.61 Å². The summed E-state index contributed by atoms with van der Waals surface area (Å²) in [6, 6.07) is 11.4. The first kappa shape index (κ1) is 17.4. The quantitative estimate of drug-likeness (QED) is 0.388. The first-order chi connectivity index (χ1) is 12.5. The summed E-state index contributed by atoms with van der Waals surface area (Å²) in [6.07, 6.45) is 0.755. The second-order valence-electron chi connectivity index (χ2n) is 5.94. The molecule has 1 heterocycles. The Bertz CT molecular complexity index is 881. The number of esters is 1. The van der Waals surface area contributed by atoms with Gasteiger partial charge in [0, 0.05) is 25.2 Å². The summed E-state index contributed by atoms with van der Waals surface area (Å²) in [5, 5.41) is 10.7. The average Bonchev–Trinajstić information content (AvgIpc) is 2.65. The van der Waals surface area contributed by atoms with Crippen LogP contribution in [0.5, 0.6) is 0 Å². The standard InChI is InChI=1S/C18H17N3O5/c19-16-9-14(21(24)25)5-6-15(16)18(23)26-11-17(22)20-8-7-12-3-1-2-4-13(12)10-20/h1-6,9H,7-8,10-11,19H2. The SMILES string of the molecule is Nc1cc([N+](=O)[O-])ccc1C(=O)OCC(=O)N1CCc2ccccc2C1. The van der Waals surface area contributed by atoms with Crippen molar-refractivity contribution in [2.24, 2.45) is 0 Å². The van der Waals surface area contributed by atoms with Gasteiger partial charge in [-0.15, -0.1) is 0 Å². The van der Waals surface area contributed by atoms with Crippen molar-refractivity contribution in [3.63, 3.8) is 0 Å². The van der Waals surface area contributed by atoms with Crippen molar-refractivity contribution in [1.29, 1.82) is 0 Å². The van der Waals surface area contributed by atoms with Crippen molar-refractivity contribution in [2.45, 2.75) is 13.0 Å². The molecule has 26 heavy (non-hydrogen) atoms. The van der Waals surface area contributed by atoms with Crippen LogP contribution in [0.4, 0.5) is 11.4 Å². The van der Waals surface area contributed by atoms with Crippen molar-refractivity contribution in [3.05, 3.63) is 69.3 Å². The monoisotopic (exact) mass is 355 g/mol. The number of nitro benzene ring substituents is 1. The van der Waals surface area contributed by atoms with E-state index in [1.165, 1.54) is 11.6 Å². The maximum atomic E-state index is 12.3. The molecule has 1 aliphatic heterocycles. The Balaban J connectivity index is 1.60. The highest BCUT2D eigenvalue weighted by Crippen LogP contribution is 2.21. The number of hydrogen-bond acceptors (Lipinski definition) is 6. The van der Waals surface area contributed by atoms with E-state index in [1.54, 1.807) is 4.90 Å². The van der Waals surface area contributed by atoms with E-state index in [0.717, 1.165) is 24.1 Å². The van der Waals surface area contributed by atoms with E-state index in [-0.39, 0.29) is 22.8 Å². The molecule has 134 valence electrons. The van der Waals surface area contributed by atoms with E-state index in [2.05, 4.69) is 0 Å². The Labute approximate surface area is 149 Å². The van der Waals surface area contributed by atoms with Gasteiger partial charge in [-0.1, -0.05) is 24.3 Å². The highest BCUT2D eigenvalue weighted by molar-refractivity contribution is 5.96. The van der Waals surface area contributed by atoms with E-state index in [9.17, 15) is 19.7 Å². The Morgan fingerprint density at radius 3 is 2.62 bits per heavy atom. The molecule has 0 saturated carbocycles. The van der Waals surface area contributed by atoms with Crippen molar-refractivity contribution >= 4 is 23.3 Å². The number of fused-ring (bicyclic) bond motifs is 1. The molecule has 1 aliphatic rings. The summed E-state index contributed by atoms with van der Waals surface area (Å²) in [5.41, 5.74) is 7.66. The van der Waals surface area contributed by atoms with Crippen LogP contribution in [0.15, 0.2) is 42.5 Å². The molecule has 0 unspecified atom stereocenters. The first-order valence-corrected chi connectivity index (χ1v) is 8.01. The van der Waals surface area contributed by atoms with Crippen molar-refractivity contribution in [3.8, 4) is 0 Å². The number of nitrogens with two attached hydrogens (primary N) is 1. The van der Waals surface area contributed by atoms with Crippen LogP contribution in [0, 0.1) is 10.1 Å². The zero-order valence-corrected chi connectivity index (χ0v) is 13.9. The Hall–Kier alpha value is -3.42. The lowest BCUT2D eigenvalue weighted by molar-refractivity contribution is -0.384. The van der Waals surface area contributed by atoms with Crippen LogP contribution in [-0.2, 0) is 22.5 Å². The van der Waals surface area contributed by atoms with Crippen LogP contribution < -0.4 is 5.73 Å². The molecule has 0 spiro atoms. The Morgan fingerprint density at radius 2 is 1.92 bits per heavy atom. The molecule has 1 amide bonds. The number of hydrogen-bond donors (Lipinski definition) is 1. The lowest BCUT2D eigenvalue weighted by Gasteiger charge is -2.28. The molecular formula is C18H17N3O5. The first-order valence-electron chi connectivity index (χ1n) is 8.01. The fraction of sp³-hybridized carbons (Fsp3) is 0.222. The van der Waals surface area contributed by atoms with Crippen molar-refractivity contribution < 1.29 is 19.2 Å². The fourth-order valence-electron chi connectivity index (χ4n) is 2.85. The zero-order chi connectivity index (χ0) is 18.7. The van der Waals surface area contributed by atoms with E-state index >= 15 is 0 Å². The molecule has 0 aliphatic carbocycles. The number of rotatable bonds is 4. The second-order valence-corrected chi connectivity index (χ2v) is 5.94. The van der Waals surface area contributed by atoms with Gasteiger partial charge in [-0.05, 0) is 23.6 Å². The van der Waals surface area contributed by atoms with Gasteiger partial charge in [0.2, 0.25) is 0 Å². The van der Waals surface area contributed by atoms with Crippen molar-refractivity contribution in [2.75, 3.05) is 18.9 Å². The number of amides is 1. The lowest BCUT2D eigenvalue weighted by Crippen LogP contribution is -2.38. The predicted molar refractivity (Wildman–Crippen MR) is 93.4 cm³/mol. The summed E-state index contributed by atoms with van der Waals surface area (Å²) in [5.74, 6) is -1.09. The molecule has 8 nitrogen and oxygen atoms in total. The van der Waals surface area contributed by atoms with Gasteiger partial charge in [-0.25, -0.2) is 4.79 Å². The van der Waals surface area contributed by atoms with Gasteiger partial charge in [0.25, 0.3) is 11.6 Å². The maximum Gasteiger partial charge on any atom is 0.340 e. The maximum absolute atomic E-state index is 12.3. The van der Waals surface area contributed by atoms with E-state index in [4.69, 9.17) is 10.5 Å². The fourth-order valence-corrected chi connectivity index (χ4v) is 2.85. The molecule has 2 N–H and O–H groups in total. The van der Waals surface area contributed by atoms with Gasteiger partial charge in [-0.2, -0.15) is 0 Å². The number of nitrogen functional groups attached to an aromatic ring is 1. The highest BCUT2D eigenvalue weighted by atomic mass is 16.6. The molecule has 0 atom stereocenters. The zero-order valence-electron chi connectivity index (χ0n) is 13.9. The van der Waals surface area contributed by atoms with Crippen LogP contribution in [0.1, 0.15) is 21.5 Å². The molecular weight excluding hydrogens is 338 g/mol. The second kappa shape index (κ2) is 7.22. The minimum Gasteiger partial charge on any atom is -0.452 e. The summed E-state index contributed by atoms with van der Waals surface area (Å²) in [6.45, 7) is 0.636. The van der Waals surface area contributed by atoms with E-state index in [1.807, 2.05) is 24.3 Å². The lowest BCUT2D eigenvalue weighted by atomic mass is 10.00. The summed E-state index contributed by atoms with van der Waals surface area (Å²) < 4.78 is 5.03. The third-order valence-corrected chi connectivity index (χ3v) is 4.28. The number of carbonyl (C=O) groups excluding carboxylic acids is 2. The highest BCUT2D eigenvalue weighted by Gasteiger charge is 2.22. The summed E-state index contributed by atoms with van der Waals surface area (Å²) in [7, 11) is 0. The Kier molecular flexibility index (Phi) is 4.83. The summed E-state index contributed by atoms with van der Waals surface area (Å²) >= 11 is 0. The van der Waals surface area contributed by atoms with Crippen LogP contribution in [0.3, 0.4) is 0 Å². The number of non-ortho nitro benzene ring substituents is 1. The molecule has 0 fully saturated rings. The number of nitro groups is 1. The van der Waals surface area contributed by atoms with Gasteiger partial charge in [0.1, 0.15) is 0 Å². The van der Waals surface area contributed by atoms with Gasteiger partial charge in [0.05, 0.1) is 16.2 Å². The molecule has 8 heteroatoms. The molecule has 2 aromatic rings. The normalized spacial score (nSPS) is 13.0. The van der Waals surface area contributed by atoms with Crippen LogP contribution in [-0.4, -0.2) is 34.9 Å². The average molecular weight is 355 g/mol. The minimum absolute atomic E-state index is 0.00705. The largest absolute Gasteiger partial charge is 0.452 e. The molecule has 3 rings (SSSR count). The number of nitrogens with zero attached hydrogens (tertiary/aromatic N) is 2. The number of carbonyl (C=O) groups is 2. The van der Waals surface area contributed by atoms with Gasteiger partial charge in [-0.3, -0.25) is 14.9 Å². The number of benzene rings is 2. The van der Waals surface area contributed by atoms with Crippen LogP contribution >= 0.6 is 0 Å². The van der Waals surface area contributed by atoms with Crippen LogP contribution in [0.2, 0.25) is 0 Å².